The number of hydrogen-bond donors (Lipinski definition) is 0. The number of aryl methyl sites for hydroxylation is 1. The van der Waals surface area contributed by atoms with Gasteiger partial charge in [-0.15, -0.1) is 0 Å². The van der Waals surface area contributed by atoms with Crippen molar-refractivity contribution in [1.29, 1.82) is 5.26 Å². The Kier molecular flexibility index (Phi) is 6.15. The minimum atomic E-state index is -0.109. The van der Waals surface area contributed by atoms with Crippen LogP contribution in [0.2, 0.25) is 0 Å². The van der Waals surface area contributed by atoms with Gasteiger partial charge in [0, 0.05) is 11.8 Å². The van der Waals surface area contributed by atoms with Gasteiger partial charge in [0.15, 0.2) is 11.8 Å². The summed E-state index contributed by atoms with van der Waals surface area (Å²) in [5.74, 6) is 1.30. The number of aliphatic imine (C=N–C) groups is 1. The molecule has 1 saturated heterocycles. The van der Waals surface area contributed by atoms with E-state index in [0.29, 0.717) is 11.3 Å². The van der Waals surface area contributed by atoms with Gasteiger partial charge in [0.05, 0.1) is 17.3 Å². The van der Waals surface area contributed by atoms with Crippen LogP contribution in [0.4, 0.5) is 5.69 Å². The highest BCUT2D eigenvalue weighted by Gasteiger charge is 2.34. The van der Waals surface area contributed by atoms with Gasteiger partial charge in [0.25, 0.3) is 5.91 Å². The molecule has 0 spiro atoms. The second-order valence-corrected chi connectivity index (χ2v) is 7.28. The van der Waals surface area contributed by atoms with Crippen molar-refractivity contribution in [3.63, 3.8) is 0 Å². The molecule has 1 atom stereocenters. The standard InChI is InChI=1S/C21H21N3O2S/c1-3-18-14-27-21(23-17-8-4-15(2)5-9-17)24(18)20(25)13-26-19-10-6-16(12-22)7-11-19/h4-11,18H,3,13-14H2,1-2H3/t18-/m1/s1. The average Bonchev–Trinajstić information content (AvgIpc) is 3.11. The lowest BCUT2D eigenvalue weighted by atomic mass is 10.2. The number of thioether (sulfide) groups is 1. The van der Waals surface area contributed by atoms with Gasteiger partial charge >= 0.3 is 0 Å². The van der Waals surface area contributed by atoms with Crippen LogP contribution in [0, 0.1) is 18.3 Å². The topological polar surface area (TPSA) is 65.7 Å². The van der Waals surface area contributed by atoms with E-state index in [1.54, 1.807) is 40.9 Å². The number of amidine groups is 1. The first-order valence-corrected chi connectivity index (χ1v) is 9.82. The number of carbonyl (C=O) groups excluding carboxylic acids is 1. The summed E-state index contributed by atoms with van der Waals surface area (Å²) in [5.41, 5.74) is 2.57. The predicted octanol–water partition coefficient (Wildman–Crippen LogP) is 4.29. The van der Waals surface area contributed by atoms with Crippen molar-refractivity contribution < 1.29 is 9.53 Å². The fourth-order valence-corrected chi connectivity index (χ4v) is 4.02. The van der Waals surface area contributed by atoms with Gasteiger partial charge in [0.2, 0.25) is 0 Å². The second-order valence-electron chi connectivity index (χ2n) is 6.29. The van der Waals surface area contributed by atoms with Gasteiger partial charge in [-0.05, 0) is 49.7 Å². The van der Waals surface area contributed by atoms with Crippen LogP contribution in [-0.4, -0.2) is 34.4 Å². The molecule has 0 radical (unpaired) electrons. The molecule has 0 aromatic heterocycles. The molecule has 3 rings (SSSR count). The van der Waals surface area contributed by atoms with Gasteiger partial charge in [-0.2, -0.15) is 5.26 Å². The lowest BCUT2D eigenvalue weighted by molar-refractivity contribution is -0.130. The number of ether oxygens (including phenoxy) is 1. The minimum Gasteiger partial charge on any atom is -0.484 e. The summed E-state index contributed by atoms with van der Waals surface area (Å²) >= 11 is 1.60. The van der Waals surface area contributed by atoms with Crippen LogP contribution in [0.25, 0.3) is 0 Å². The quantitative estimate of drug-likeness (QED) is 0.777. The second kappa shape index (κ2) is 8.74. The summed E-state index contributed by atoms with van der Waals surface area (Å²) in [4.78, 5) is 19.2. The number of amides is 1. The minimum absolute atomic E-state index is 0.0596. The normalized spacial score (nSPS) is 17.7. The number of hydrogen-bond acceptors (Lipinski definition) is 5. The molecule has 0 bridgehead atoms. The lowest BCUT2D eigenvalue weighted by Gasteiger charge is -2.23. The van der Waals surface area contributed by atoms with Crippen LogP contribution in [0.3, 0.4) is 0 Å². The first kappa shape index (κ1) is 19.0. The predicted molar refractivity (Wildman–Crippen MR) is 108 cm³/mol. The molecule has 1 aliphatic rings. The van der Waals surface area contributed by atoms with Crippen LogP contribution in [0.5, 0.6) is 5.75 Å². The first-order valence-electron chi connectivity index (χ1n) is 8.84. The van der Waals surface area contributed by atoms with E-state index in [1.807, 2.05) is 31.2 Å². The molecular weight excluding hydrogens is 358 g/mol. The molecule has 1 heterocycles. The highest BCUT2D eigenvalue weighted by atomic mass is 32.2. The molecule has 0 saturated carbocycles. The molecule has 2 aromatic rings. The molecule has 2 aromatic carbocycles. The van der Waals surface area contributed by atoms with Gasteiger partial charge in [-0.25, -0.2) is 4.99 Å². The highest BCUT2D eigenvalue weighted by Crippen LogP contribution is 2.29. The van der Waals surface area contributed by atoms with E-state index in [1.165, 1.54) is 5.56 Å². The monoisotopic (exact) mass is 379 g/mol. The molecule has 0 N–H and O–H groups in total. The van der Waals surface area contributed by atoms with Crippen molar-refractivity contribution in [3.05, 3.63) is 59.7 Å². The fraction of sp³-hybridized carbons (Fsp3) is 0.286. The third kappa shape index (κ3) is 4.69. The van der Waals surface area contributed by atoms with Crippen molar-refractivity contribution in [2.24, 2.45) is 4.99 Å². The van der Waals surface area contributed by atoms with Crippen LogP contribution in [-0.2, 0) is 4.79 Å². The van der Waals surface area contributed by atoms with E-state index in [-0.39, 0.29) is 18.6 Å². The maximum absolute atomic E-state index is 12.8. The van der Waals surface area contributed by atoms with Gasteiger partial charge in [0.1, 0.15) is 5.75 Å². The number of rotatable bonds is 5. The Balaban J connectivity index is 1.72. The van der Waals surface area contributed by atoms with Crippen molar-refractivity contribution >= 4 is 28.5 Å². The average molecular weight is 379 g/mol. The molecular formula is C21H21N3O2S. The van der Waals surface area contributed by atoms with Crippen LogP contribution < -0.4 is 4.74 Å². The van der Waals surface area contributed by atoms with E-state index in [4.69, 9.17) is 10.00 Å². The smallest absolute Gasteiger partial charge is 0.266 e. The Morgan fingerprint density at radius 3 is 2.59 bits per heavy atom. The van der Waals surface area contributed by atoms with Crippen molar-refractivity contribution in [1.82, 2.24) is 4.90 Å². The number of benzene rings is 2. The van der Waals surface area contributed by atoms with Gasteiger partial charge < -0.3 is 4.74 Å². The number of carbonyl (C=O) groups is 1. The zero-order valence-corrected chi connectivity index (χ0v) is 16.2. The molecule has 0 unspecified atom stereocenters. The third-order valence-corrected chi connectivity index (χ3v) is 5.42. The van der Waals surface area contributed by atoms with E-state index in [0.717, 1.165) is 23.0 Å². The zero-order chi connectivity index (χ0) is 19.2. The van der Waals surface area contributed by atoms with Crippen LogP contribution in [0.15, 0.2) is 53.5 Å². The van der Waals surface area contributed by atoms with Crippen molar-refractivity contribution in [2.75, 3.05) is 12.4 Å². The van der Waals surface area contributed by atoms with E-state index in [9.17, 15) is 4.79 Å². The summed E-state index contributed by atoms with van der Waals surface area (Å²) < 4.78 is 5.62. The van der Waals surface area contributed by atoms with Gasteiger partial charge in [-0.3, -0.25) is 9.69 Å². The van der Waals surface area contributed by atoms with Crippen LogP contribution in [0.1, 0.15) is 24.5 Å². The van der Waals surface area contributed by atoms with E-state index in [2.05, 4.69) is 18.0 Å². The lowest BCUT2D eigenvalue weighted by Crippen LogP contribution is -2.41. The third-order valence-electron chi connectivity index (χ3n) is 4.32. The maximum atomic E-state index is 12.8. The number of nitrogens with zero attached hydrogens (tertiary/aromatic N) is 3. The Morgan fingerprint density at radius 1 is 1.26 bits per heavy atom. The highest BCUT2D eigenvalue weighted by molar-refractivity contribution is 8.14. The summed E-state index contributed by atoms with van der Waals surface area (Å²) in [6.45, 7) is 4.04. The molecule has 1 amide bonds. The van der Waals surface area contributed by atoms with E-state index >= 15 is 0 Å². The Morgan fingerprint density at radius 2 is 1.96 bits per heavy atom. The molecule has 1 aliphatic heterocycles. The Hall–Kier alpha value is -2.78. The Bertz CT molecular complexity index is 870. The summed E-state index contributed by atoms with van der Waals surface area (Å²) in [7, 11) is 0. The molecule has 1 fully saturated rings. The van der Waals surface area contributed by atoms with Crippen molar-refractivity contribution in [3.8, 4) is 11.8 Å². The molecule has 27 heavy (non-hydrogen) atoms. The molecule has 6 heteroatoms. The summed E-state index contributed by atoms with van der Waals surface area (Å²) in [6, 6.07) is 16.9. The number of nitriles is 1. The maximum Gasteiger partial charge on any atom is 0.266 e. The largest absolute Gasteiger partial charge is 0.484 e. The van der Waals surface area contributed by atoms with Gasteiger partial charge in [-0.1, -0.05) is 36.4 Å². The van der Waals surface area contributed by atoms with Crippen molar-refractivity contribution in [2.45, 2.75) is 26.3 Å². The fourth-order valence-electron chi connectivity index (χ4n) is 2.74. The zero-order valence-electron chi connectivity index (χ0n) is 15.4. The molecule has 138 valence electrons. The summed E-state index contributed by atoms with van der Waals surface area (Å²) in [6.07, 6.45) is 0.864. The van der Waals surface area contributed by atoms with Crippen LogP contribution >= 0.6 is 11.8 Å². The van der Waals surface area contributed by atoms with E-state index < -0.39 is 0 Å². The summed E-state index contributed by atoms with van der Waals surface area (Å²) in [5, 5.41) is 9.57. The molecule has 5 nitrogen and oxygen atoms in total. The SMILES string of the molecule is CC[C@@H]1CSC(=Nc2ccc(C)cc2)N1C(=O)COc1ccc(C#N)cc1. The first-order chi connectivity index (χ1) is 13.1. The Labute approximate surface area is 163 Å². The molecule has 0 aliphatic carbocycles.